The van der Waals surface area contributed by atoms with Crippen molar-refractivity contribution in [1.82, 2.24) is 36.4 Å². The van der Waals surface area contributed by atoms with Gasteiger partial charge in [0.25, 0.3) is 0 Å². The van der Waals surface area contributed by atoms with E-state index in [4.69, 9.17) is 10.3 Å². The minimum Gasteiger partial charge on any atom is -0.508 e. The molecule has 2 aliphatic rings. The van der Waals surface area contributed by atoms with Crippen LogP contribution in [0.25, 0.3) is 10.8 Å². The topological polar surface area (TPSA) is 316 Å². The Morgan fingerprint density at radius 3 is 2.02 bits per heavy atom. The number of phosphoric acid groups is 1. The van der Waals surface area contributed by atoms with Gasteiger partial charge in [0, 0.05) is 32.9 Å². The lowest BCUT2D eigenvalue weighted by atomic mass is 9.97. The van der Waals surface area contributed by atoms with Gasteiger partial charge in [-0.1, -0.05) is 54.6 Å². The normalized spacial score (nSPS) is 24.1. The number of rotatable bonds is 10. The first-order valence-electron chi connectivity index (χ1n) is 21.0. The zero-order valence-corrected chi connectivity index (χ0v) is 37.0. The Balaban J connectivity index is 1.59. The summed E-state index contributed by atoms with van der Waals surface area (Å²) < 4.78 is 16.8. The monoisotopic (exact) mass is 922 g/mol. The maximum atomic E-state index is 14.6. The Bertz CT molecular complexity index is 2330. The van der Waals surface area contributed by atoms with E-state index in [1.807, 2.05) is 36.4 Å². The van der Waals surface area contributed by atoms with E-state index in [2.05, 4.69) is 26.6 Å². The average molecular weight is 923 g/mol. The molecule has 21 nitrogen and oxygen atoms in total. The van der Waals surface area contributed by atoms with Crippen molar-refractivity contribution in [3.05, 3.63) is 77.9 Å². The molecule has 8 amide bonds. The van der Waals surface area contributed by atoms with Gasteiger partial charge in [-0.2, -0.15) is 0 Å². The van der Waals surface area contributed by atoms with Crippen LogP contribution in [0.4, 0.5) is 0 Å². The Morgan fingerprint density at radius 2 is 1.37 bits per heavy atom. The molecule has 3 aromatic carbocycles. The van der Waals surface area contributed by atoms with Gasteiger partial charge in [0.2, 0.25) is 47.3 Å². The number of carbonyl (C=O) groups is 8. The van der Waals surface area contributed by atoms with Gasteiger partial charge in [0.1, 0.15) is 42.0 Å². The second kappa shape index (κ2) is 22.0. The third-order valence-electron chi connectivity index (χ3n) is 11.1. The molecule has 0 aliphatic carbocycles. The van der Waals surface area contributed by atoms with Crippen molar-refractivity contribution in [3.8, 4) is 5.75 Å². The number of aromatic hydroxyl groups is 1. The number of nitrogens with one attached hydrogen (secondary N) is 5. The number of fused-ring (bicyclic) bond motifs is 2. The van der Waals surface area contributed by atoms with Crippen molar-refractivity contribution in [2.45, 2.75) is 101 Å². The van der Waals surface area contributed by atoms with Gasteiger partial charge in [-0.15, -0.1) is 0 Å². The highest BCUT2D eigenvalue weighted by Gasteiger charge is 2.42. The summed E-state index contributed by atoms with van der Waals surface area (Å²) in [6.07, 6.45) is -1.74. The molecule has 0 spiro atoms. The average Bonchev–Trinajstić information content (AvgIpc) is 3.25. The van der Waals surface area contributed by atoms with Crippen molar-refractivity contribution in [2.24, 2.45) is 5.73 Å². The maximum Gasteiger partial charge on any atom is 0.469 e. The molecule has 2 aliphatic heterocycles. The van der Waals surface area contributed by atoms with Crippen LogP contribution in [0.3, 0.4) is 0 Å². The number of benzene rings is 3. The van der Waals surface area contributed by atoms with Gasteiger partial charge in [-0.25, -0.2) is 4.57 Å². The smallest absolute Gasteiger partial charge is 0.469 e. The van der Waals surface area contributed by atoms with Gasteiger partial charge in [-0.3, -0.25) is 42.9 Å². The van der Waals surface area contributed by atoms with Crippen LogP contribution in [0, 0.1) is 0 Å². The summed E-state index contributed by atoms with van der Waals surface area (Å²) in [4.78, 5) is 132. The second-order valence-corrected chi connectivity index (χ2v) is 17.5. The van der Waals surface area contributed by atoms with Crippen LogP contribution in [0.15, 0.2) is 66.7 Å². The molecule has 0 bridgehead atoms. The van der Waals surface area contributed by atoms with E-state index in [9.17, 15) is 57.8 Å². The summed E-state index contributed by atoms with van der Waals surface area (Å²) >= 11 is 0. The lowest BCUT2D eigenvalue weighted by Gasteiger charge is -2.38. The number of piperidine rings is 1. The number of carbonyl (C=O) groups excluding carboxylic acids is 8. The van der Waals surface area contributed by atoms with Crippen LogP contribution in [-0.2, 0) is 60.3 Å². The molecule has 10 N–H and O–H groups in total. The van der Waals surface area contributed by atoms with Crippen molar-refractivity contribution in [2.75, 3.05) is 20.1 Å². The summed E-state index contributed by atoms with van der Waals surface area (Å²) in [5.41, 5.74) is 6.47. The molecular formula is C43H55N8O13P. The Kier molecular flexibility index (Phi) is 16.8. The Labute approximate surface area is 374 Å². The van der Waals surface area contributed by atoms with E-state index < -0.39 is 104 Å². The number of hydrogen-bond donors (Lipinski definition) is 9. The van der Waals surface area contributed by atoms with Crippen molar-refractivity contribution in [1.29, 1.82) is 0 Å². The number of primary amides is 1. The summed E-state index contributed by atoms with van der Waals surface area (Å²) in [5.74, 6) is -7.07. The first-order valence-corrected chi connectivity index (χ1v) is 22.6. The van der Waals surface area contributed by atoms with E-state index in [1.54, 1.807) is 6.07 Å². The molecule has 2 fully saturated rings. The largest absolute Gasteiger partial charge is 0.508 e. The highest BCUT2D eigenvalue weighted by molar-refractivity contribution is 7.46. The number of phenols is 1. The fourth-order valence-corrected chi connectivity index (χ4v) is 8.33. The van der Waals surface area contributed by atoms with E-state index >= 15 is 0 Å². The summed E-state index contributed by atoms with van der Waals surface area (Å²) in [6, 6.07) is 9.89. The minimum absolute atomic E-state index is 0.0329. The molecule has 7 atom stereocenters. The van der Waals surface area contributed by atoms with Crippen molar-refractivity contribution >= 4 is 65.9 Å². The van der Waals surface area contributed by atoms with Gasteiger partial charge in [0.05, 0.1) is 12.6 Å². The molecule has 0 aromatic heterocycles. The van der Waals surface area contributed by atoms with Crippen molar-refractivity contribution in [3.63, 3.8) is 0 Å². The van der Waals surface area contributed by atoms with E-state index in [0.717, 1.165) is 27.5 Å². The zero-order chi connectivity index (χ0) is 47.6. The van der Waals surface area contributed by atoms with Crippen molar-refractivity contribution < 1.29 is 62.3 Å². The molecule has 2 saturated heterocycles. The number of amides is 8. The van der Waals surface area contributed by atoms with Crippen LogP contribution < -0.4 is 32.3 Å². The van der Waals surface area contributed by atoms with Crippen LogP contribution in [0.2, 0.25) is 0 Å². The highest BCUT2D eigenvalue weighted by atomic mass is 31.2. The lowest BCUT2D eigenvalue weighted by Crippen LogP contribution is -2.62. The molecule has 0 radical (unpaired) electrons. The fourth-order valence-electron chi connectivity index (χ4n) is 7.78. The summed E-state index contributed by atoms with van der Waals surface area (Å²) in [5, 5.41) is 24.6. The minimum atomic E-state index is -5.25. The number of phenolic OH excluding ortho intramolecular Hbond substituents is 1. The number of nitrogens with two attached hydrogens (primary N) is 1. The SMILES string of the molecule is C[C@H](OP(=O)(O)O)[C@H]1NC(=O)CN(C)C(=O)[C@@H](C)NC(=O)[C@H](CCC(N)=O)NC(=O)[C@H](Cc2ccc(O)cc2)NC(=O)[C@H](Cc2ccc3ccccc3c2)NC(=O)[C@@H]2CCCCN2C1=O. The molecule has 2 heterocycles. The fraction of sp³-hybridized carbons (Fsp3) is 0.442. The molecule has 5 rings (SSSR count). The first-order chi connectivity index (χ1) is 30.7. The molecule has 0 unspecified atom stereocenters. The van der Waals surface area contributed by atoms with Gasteiger partial charge >= 0.3 is 7.82 Å². The summed E-state index contributed by atoms with van der Waals surface area (Å²) in [6.45, 7) is 1.68. The van der Waals surface area contributed by atoms with Crippen LogP contribution >= 0.6 is 7.82 Å². The molecule has 3 aromatic rings. The van der Waals surface area contributed by atoms with Crippen LogP contribution in [0.1, 0.15) is 57.1 Å². The van der Waals surface area contributed by atoms with E-state index in [1.165, 1.54) is 38.2 Å². The zero-order valence-electron chi connectivity index (χ0n) is 36.1. The molecule has 350 valence electrons. The predicted octanol–water partition coefficient (Wildman–Crippen LogP) is -0.609. The van der Waals surface area contributed by atoms with E-state index in [-0.39, 0.29) is 44.4 Å². The highest BCUT2D eigenvalue weighted by Crippen LogP contribution is 2.38. The molecule has 22 heteroatoms. The second-order valence-electron chi connectivity index (χ2n) is 16.3. The van der Waals surface area contributed by atoms with Gasteiger partial charge in [-0.05, 0) is 73.6 Å². The quantitative estimate of drug-likeness (QED) is 0.115. The number of likely N-dealkylation sites (N-methyl/N-ethyl adjacent to an activating group) is 1. The first kappa shape index (κ1) is 49.6. The van der Waals surface area contributed by atoms with Crippen LogP contribution in [0.5, 0.6) is 5.75 Å². The predicted molar refractivity (Wildman–Crippen MR) is 233 cm³/mol. The summed E-state index contributed by atoms with van der Waals surface area (Å²) in [7, 11) is -4.04. The number of nitrogens with zero attached hydrogens (tertiary/aromatic N) is 2. The lowest BCUT2D eigenvalue weighted by molar-refractivity contribution is -0.148. The van der Waals surface area contributed by atoms with Gasteiger partial charge in [0.15, 0.2) is 0 Å². The standard InChI is InChI=1S/C43H55N8O13P/c1-24-42(59)50(3)23-36(54)49-37(25(2)64-65(61,62)63)43(60)51-19-7-6-10-34(51)41(58)48-33(22-27-11-14-28-8-4-5-9-29(28)20-27)40(57)47-32(21-26-12-15-30(52)16-13-26)39(56)46-31(38(55)45-24)17-18-35(44)53/h4-5,8-9,11-16,20,24-25,31-34,37,52H,6-7,10,17-19,21-23H2,1-3H3,(H2,44,53)(H,45,55)(H,46,56)(H,47,57)(H,48,58)(H,49,54)(H2,61,62,63)/t24-,25+,31+,32+,33+,34+,37-/m1/s1. The molecule has 65 heavy (non-hydrogen) atoms. The Hall–Kier alpha value is -6.41. The number of hydrogen-bond acceptors (Lipinski definition) is 11. The van der Waals surface area contributed by atoms with E-state index in [0.29, 0.717) is 24.0 Å². The van der Waals surface area contributed by atoms with Gasteiger partial charge < -0.3 is 57.0 Å². The third-order valence-corrected chi connectivity index (χ3v) is 11.7. The molecule has 0 saturated carbocycles. The number of phosphoric ester groups is 1. The van der Waals surface area contributed by atoms with Crippen LogP contribution in [-0.4, -0.2) is 134 Å². The molecular weight excluding hydrogens is 867 g/mol. The maximum absolute atomic E-state index is 14.6. The third kappa shape index (κ3) is 14.0. The Morgan fingerprint density at radius 1 is 0.785 bits per heavy atom.